The zero-order chi connectivity index (χ0) is 27.9. The van der Waals surface area contributed by atoms with E-state index in [4.69, 9.17) is 20.6 Å². The van der Waals surface area contributed by atoms with Gasteiger partial charge in [0.25, 0.3) is 10.0 Å². The minimum Gasteiger partial charge on any atom is -0.483 e. The monoisotopic (exact) mass is 526 g/mol. The van der Waals surface area contributed by atoms with Crippen molar-refractivity contribution >= 4 is 28.0 Å². The average Bonchev–Trinajstić information content (AvgIpc) is 2.91. The lowest BCUT2D eigenvalue weighted by molar-refractivity contribution is -0.141. The Morgan fingerprint density at radius 1 is 1.25 bits per heavy atom. The van der Waals surface area contributed by atoms with E-state index in [0.717, 1.165) is 5.57 Å². The number of amides is 1. The third-order valence-electron chi connectivity index (χ3n) is 6.16. The first-order chi connectivity index (χ1) is 16.2. The van der Waals surface area contributed by atoms with Gasteiger partial charge in [0.15, 0.2) is 5.96 Å². The molecule has 1 amide bonds. The van der Waals surface area contributed by atoms with E-state index in [9.17, 15) is 23.1 Å². The number of carbonyl (C=O) groups is 2. The van der Waals surface area contributed by atoms with Crippen LogP contribution in [0.2, 0.25) is 0 Å². The maximum Gasteiger partial charge on any atom is 0.425 e. The Balaban J connectivity index is 2.62. The third kappa shape index (κ3) is 5.85. The van der Waals surface area contributed by atoms with Crippen LogP contribution in [0.25, 0.3) is 0 Å². The number of nitrogens with one attached hydrogen (secondary N) is 2. The SMILES string of the molecule is CC1=C2C(=CC=C(S(=O)(=O)N(C(=O)OC(C)(C)C)C(CCCNC(=N)N)C(=O)O)C2(C)C)OC1(C)C. The first-order valence-electron chi connectivity index (χ1n) is 11.7. The van der Waals surface area contributed by atoms with Gasteiger partial charge < -0.3 is 25.6 Å². The molecule has 0 bridgehead atoms. The van der Waals surface area contributed by atoms with Gasteiger partial charge in [0.05, 0.1) is 4.91 Å². The Kier molecular flexibility index (Phi) is 7.95. The van der Waals surface area contributed by atoms with Crippen LogP contribution in [0.1, 0.15) is 68.2 Å². The molecule has 0 aromatic heterocycles. The van der Waals surface area contributed by atoms with Crippen LogP contribution in [0.5, 0.6) is 0 Å². The lowest BCUT2D eigenvalue weighted by Gasteiger charge is -2.37. The number of fused-ring (bicyclic) bond motifs is 1. The first kappa shape index (κ1) is 29.2. The van der Waals surface area contributed by atoms with Crippen LogP contribution in [0.15, 0.2) is 34.0 Å². The zero-order valence-electron chi connectivity index (χ0n) is 22.2. The molecule has 0 saturated heterocycles. The molecule has 0 aromatic carbocycles. The molecule has 12 heteroatoms. The van der Waals surface area contributed by atoms with Gasteiger partial charge in [0.2, 0.25) is 0 Å². The minimum absolute atomic E-state index is 0.125. The second kappa shape index (κ2) is 9.79. The summed E-state index contributed by atoms with van der Waals surface area (Å²) in [4.78, 5) is 25.4. The van der Waals surface area contributed by atoms with Crippen molar-refractivity contribution in [3.63, 3.8) is 0 Å². The molecule has 1 atom stereocenters. The summed E-state index contributed by atoms with van der Waals surface area (Å²) in [6.45, 7) is 13.8. The maximum atomic E-state index is 14.1. The van der Waals surface area contributed by atoms with Gasteiger partial charge in [0, 0.05) is 17.5 Å². The van der Waals surface area contributed by atoms with E-state index >= 15 is 0 Å². The Hall–Kier alpha value is -3.02. The topological polar surface area (TPSA) is 172 Å². The van der Waals surface area contributed by atoms with E-state index in [2.05, 4.69) is 5.32 Å². The van der Waals surface area contributed by atoms with Crippen LogP contribution in [-0.4, -0.2) is 59.6 Å². The quantitative estimate of drug-likeness (QED) is 0.210. The molecule has 2 aliphatic rings. The number of nitrogens with two attached hydrogens (primary N) is 1. The second-order valence-electron chi connectivity index (χ2n) is 10.9. The van der Waals surface area contributed by atoms with Gasteiger partial charge in [-0.2, -0.15) is 4.31 Å². The number of sulfonamides is 1. The van der Waals surface area contributed by atoms with Gasteiger partial charge in [-0.25, -0.2) is 18.0 Å². The fourth-order valence-corrected chi connectivity index (χ4v) is 6.30. The van der Waals surface area contributed by atoms with Gasteiger partial charge in [-0.15, -0.1) is 0 Å². The maximum absolute atomic E-state index is 14.1. The van der Waals surface area contributed by atoms with Crippen molar-refractivity contribution in [2.24, 2.45) is 11.1 Å². The third-order valence-corrected chi connectivity index (χ3v) is 8.29. The summed E-state index contributed by atoms with van der Waals surface area (Å²) in [6, 6.07) is -1.74. The molecular formula is C24H38N4O7S. The number of aliphatic carboxylic acids is 1. The molecule has 36 heavy (non-hydrogen) atoms. The van der Waals surface area contributed by atoms with Crippen molar-refractivity contribution in [1.82, 2.24) is 9.62 Å². The molecule has 5 N–H and O–H groups in total. The second-order valence-corrected chi connectivity index (χ2v) is 12.7. The van der Waals surface area contributed by atoms with Crippen LogP contribution in [0.3, 0.4) is 0 Å². The summed E-state index contributed by atoms with van der Waals surface area (Å²) in [7, 11) is -4.68. The van der Waals surface area contributed by atoms with Crippen LogP contribution in [0, 0.1) is 10.8 Å². The molecule has 1 aliphatic carbocycles. The molecule has 0 radical (unpaired) electrons. The Morgan fingerprint density at radius 2 is 1.83 bits per heavy atom. The molecule has 2 rings (SSSR count). The number of hydrogen-bond donors (Lipinski definition) is 4. The number of guanidine groups is 1. The molecule has 1 aliphatic heterocycles. The first-order valence-corrected chi connectivity index (χ1v) is 13.1. The van der Waals surface area contributed by atoms with Gasteiger partial charge in [-0.05, 0) is 72.1 Å². The minimum atomic E-state index is -4.68. The lowest BCUT2D eigenvalue weighted by atomic mass is 9.76. The molecule has 1 unspecified atom stereocenters. The number of carboxylic acids is 1. The zero-order valence-corrected chi connectivity index (χ0v) is 23.0. The number of ether oxygens (including phenoxy) is 2. The normalized spacial score (nSPS) is 19.3. The smallest absolute Gasteiger partial charge is 0.425 e. The van der Waals surface area contributed by atoms with Crippen molar-refractivity contribution < 1.29 is 32.6 Å². The van der Waals surface area contributed by atoms with E-state index < -0.39 is 44.7 Å². The van der Waals surface area contributed by atoms with E-state index in [1.165, 1.54) is 12.2 Å². The number of nitrogens with zero attached hydrogens (tertiary/aromatic N) is 1. The average molecular weight is 527 g/mol. The van der Waals surface area contributed by atoms with Crippen LogP contribution in [0.4, 0.5) is 4.79 Å². The number of carboxylic acid groups (broad SMARTS) is 1. The molecular weight excluding hydrogens is 488 g/mol. The summed E-state index contributed by atoms with van der Waals surface area (Å²) in [5.74, 6) is -1.27. The van der Waals surface area contributed by atoms with Crippen molar-refractivity contribution in [3.8, 4) is 0 Å². The number of hydrogen-bond acceptors (Lipinski definition) is 7. The van der Waals surface area contributed by atoms with Crippen molar-refractivity contribution in [2.75, 3.05) is 6.54 Å². The van der Waals surface area contributed by atoms with Gasteiger partial charge >= 0.3 is 12.1 Å². The number of carbonyl (C=O) groups excluding carboxylic acids is 1. The number of allylic oxidation sites excluding steroid dienone is 4. The fourth-order valence-electron chi connectivity index (χ4n) is 4.34. The number of rotatable bonds is 8. The molecule has 0 fully saturated rings. The predicted molar refractivity (Wildman–Crippen MR) is 135 cm³/mol. The van der Waals surface area contributed by atoms with Crippen LogP contribution in [-0.2, 0) is 24.3 Å². The highest BCUT2D eigenvalue weighted by atomic mass is 32.2. The largest absolute Gasteiger partial charge is 0.483 e. The van der Waals surface area contributed by atoms with Crippen molar-refractivity contribution in [3.05, 3.63) is 34.0 Å². The molecule has 202 valence electrons. The summed E-state index contributed by atoms with van der Waals surface area (Å²) >= 11 is 0. The van der Waals surface area contributed by atoms with E-state index in [-0.39, 0.29) is 30.3 Å². The molecule has 0 spiro atoms. The highest BCUT2D eigenvalue weighted by Crippen LogP contribution is 2.53. The summed E-state index contributed by atoms with van der Waals surface area (Å²) in [5.41, 5.74) is 3.93. The molecule has 11 nitrogen and oxygen atoms in total. The highest BCUT2D eigenvalue weighted by molar-refractivity contribution is 7.93. The van der Waals surface area contributed by atoms with Gasteiger partial charge in [0.1, 0.15) is 23.0 Å². The highest BCUT2D eigenvalue weighted by Gasteiger charge is 2.52. The predicted octanol–water partition coefficient (Wildman–Crippen LogP) is 3.20. The standard InChI is InChI=1S/C24H38N4O7S/c1-14-18-16(34-24(14,7)8)11-12-17(23(18,5)6)36(32,33)28(21(31)35-22(2,3)4)15(19(29)30)10-9-13-27-20(25)26/h11-12,15H,9-10,13H2,1-8H3,(H,29,30)(H4,25,26,27). The van der Waals surface area contributed by atoms with Crippen LogP contribution < -0.4 is 11.1 Å². The summed E-state index contributed by atoms with van der Waals surface area (Å²) in [6.07, 6.45) is 1.52. The fraction of sp³-hybridized carbons (Fsp3) is 0.625. The van der Waals surface area contributed by atoms with E-state index in [0.29, 0.717) is 15.6 Å². The van der Waals surface area contributed by atoms with Crippen molar-refractivity contribution in [2.45, 2.75) is 85.5 Å². The van der Waals surface area contributed by atoms with E-state index in [1.807, 2.05) is 20.8 Å². The molecule has 1 heterocycles. The van der Waals surface area contributed by atoms with Gasteiger partial charge in [-0.1, -0.05) is 13.8 Å². The summed E-state index contributed by atoms with van der Waals surface area (Å²) < 4.78 is 39.9. The lowest BCUT2D eigenvalue weighted by Crippen LogP contribution is -2.52. The molecule has 0 aromatic rings. The van der Waals surface area contributed by atoms with Gasteiger partial charge in [-0.3, -0.25) is 5.41 Å². The van der Waals surface area contributed by atoms with E-state index in [1.54, 1.807) is 34.6 Å². The van der Waals surface area contributed by atoms with Crippen molar-refractivity contribution in [1.29, 1.82) is 5.41 Å². The van der Waals surface area contributed by atoms with Crippen LogP contribution >= 0.6 is 0 Å². The Morgan fingerprint density at radius 3 is 2.33 bits per heavy atom. The summed E-state index contributed by atoms with van der Waals surface area (Å²) in [5, 5.41) is 19.8. The molecule has 0 saturated carbocycles. The Bertz CT molecular complexity index is 1140. The Labute approximate surface area is 212 Å².